The van der Waals surface area contributed by atoms with E-state index in [1.807, 2.05) is 48.4 Å². The first-order chi connectivity index (χ1) is 10.6. The first-order valence-electron chi connectivity index (χ1n) is 7.45. The number of fused-ring (bicyclic) bond motifs is 1. The van der Waals surface area contributed by atoms with Crippen molar-refractivity contribution < 1.29 is 4.79 Å². The lowest BCUT2D eigenvalue weighted by molar-refractivity contribution is 0.0984. The summed E-state index contributed by atoms with van der Waals surface area (Å²) in [6.07, 6.45) is 3.92. The molecule has 5 heteroatoms. The van der Waals surface area contributed by atoms with Gasteiger partial charge in [0.15, 0.2) is 0 Å². The number of aryl methyl sites for hydroxylation is 1. The van der Waals surface area contributed by atoms with Crippen molar-refractivity contribution in [3.8, 4) is 0 Å². The fraction of sp³-hybridized carbons (Fsp3) is 0.278. The molecule has 2 N–H and O–H groups in total. The van der Waals surface area contributed by atoms with Gasteiger partial charge in [-0.3, -0.25) is 4.79 Å². The number of anilines is 2. The molecule has 0 saturated carbocycles. The molecule has 2 aromatic carbocycles. The van der Waals surface area contributed by atoms with Crippen LogP contribution in [-0.2, 0) is 6.42 Å². The van der Waals surface area contributed by atoms with Crippen molar-refractivity contribution in [1.82, 2.24) is 0 Å². The summed E-state index contributed by atoms with van der Waals surface area (Å²) < 4.78 is 0. The molecule has 0 atom stereocenters. The number of nitrogen functional groups attached to an aromatic ring is 1. The zero-order chi connectivity index (χ0) is 15.7. The summed E-state index contributed by atoms with van der Waals surface area (Å²) in [6, 6.07) is 11.9. The quantitative estimate of drug-likeness (QED) is 0.649. The van der Waals surface area contributed by atoms with Gasteiger partial charge in [0, 0.05) is 28.4 Å². The van der Waals surface area contributed by atoms with Crippen LogP contribution in [0.15, 0.2) is 41.3 Å². The number of hydrogen-bond donors (Lipinski definition) is 1. The Labute approximate surface area is 147 Å². The molecule has 1 heterocycles. The second kappa shape index (κ2) is 7.28. The van der Waals surface area contributed by atoms with Gasteiger partial charge in [0.1, 0.15) is 0 Å². The minimum Gasteiger partial charge on any atom is -0.398 e. The van der Waals surface area contributed by atoms with Crippen LogP contribution in [-0.4, -0.2) is 18.7 Å². The first-order valence-corrected chi connectivity index (χ1v) is 8.68. The van der Waals surface area contributed by atoms with Crippen LogP contribution in [0, 0.1) is 6.92 Å². The minimum atomic E-state index is 0. The molecule has 1 amide bonds. The van der Waals surface area contributed by atoms with Crippen molar-refractivity contribution >= 4 is 41.5 Å². The Balaban J connectivity index is 0.00000192. The summed E-state index contributed by atoms with van der Waals surface area (Å²) >= 11 is 1.65. The Bertz CT molecular complexity index is 733. The highest BCUT2D eigenvalue weighted by molar-refractivity contribution is 7.98. The lowest BCUT2D eigenvalue weighted by Gasteiger charge is -2.30. The number of benzene rings is 2. The number of carbonyl (C=O) groups excluding carboxylic acids is 1. The van der Waals surface area contributed by atoms with Crippen molar-refractivity contribution in [1.29, 1.82) is 0 Å². The summed E-state index contributed by atoms with van der Waals surface area (Å²) in [6.45, 7) is 2.74. The average molecular weight is 349 g/mol. The molecule has 0 unspecified atom stereocenters. The summed E-state index contributed by atoms with van der Waals surface area (Å²) in [4.78, 5) is 16.0. The second-order valence-corrected chi connectivity index (χ2v) is 6.47. The average Bonchev–Trinajstić information content (AvgIpc) is 2.55. The Morgan fingerprint density at radius 1 is 1.26 bits per heavy atom. The van der Waals surface area contributed by atoms with Gasteiger partial charge in [-0.15, -0.1) is 24.2 Å². The van der Waals surface area contributed by atoms with Gasteiger partial charge in [-0.1, -0.05) is 12.1 Å². The van der Waals surface area contributed by atoms with Gasteiger partial charge in [0.25, 0.3) is 5.91 Å². The van der Waals surface area contributed by atoms with E-state index in [0.717, 1.165) is 52.3 Å². The zero-order valence-corrected chi connectivity index (χ0v) is 15.0. The molecule has 0 bridgehead atoms. The van der Waals surface area contributed by atoms with Crippen molar-refractivity contribution in [2.24, 2.45) is 0 Å². The maximum absolute atomic E-state index is 13.0. The molecular weight excluding hydrogens is 328 g/mol. The summed E-state index contributed by atoms with van der Waals surface area (Å²) in [7, 11) is 0. The predicted molar refractivity (Wildman–Crippen MR) is 101 cm³/mol. The van der Waals surface area contributed by atoms with E-state index in [1.165, 1.54) is 0 Å². The van der Waals surface area contributed by atoms with E-state index in [9.17, 15) is 4.79 Å². The van der Waals surface area contributed by atoms with E-state index < -0.39 is 0 Å². The number of thioether (sulfide) groups is 1. The lowest BCUT2D eigenvalue weighted by Crippen LogP contribution is -2.36. The molecule has 122 valence electrons. The van der Waals surface area contributed by atoms with Gasteiger partial charge >= 0.3 is 0 Å². The molecule has 1 aliphatic rings. The smallest absolute Gasteiger partial charge is 0.258 e. The van der Waals surface area contributed by atoms with E-state index in [-0.39, 0.29) is 18.3 Å². The molecule has 23 heavy (non-hydrogen) atoms. The Morgan fingerprint density at radius 3 is 2.78 bits per heavy atom. The standard InChI is InChI=1S/C18H20N2OS.ClH/c1-12-8-9-13(22-2)11-15(12)18(21)20-10-4-5-14-16(19)6-3-7-17(14)20;/h3,6-9,11H,4-5,10,19H2,1-2H3;1H. The van der Waals surface area contributed by atoms with Crippen molar-refractivity contribution in [2.75, 3.05) is 23.4 Å². The largest absolute Gasteiger partial charge is 0.398 e. The van der Waals surface area contributed by atoms with Crippen molar-refractivity contribution in [3.63, 3.8) is 0 Å². The third-order valence-corrected chi connectivity index (χ3v) is 4.93. The highest BCUT2D eigenvalue weighted by atomic mass is 35.5. The Kier molecular flexibility index (Phi) is 5.60. The van der Waals surface area contributed by atoms with E-state index in [1.54, 1.807) is 11.8 Å². The van der Waals surface area contributed by atoms with Crippen LogP contribution in [0.4, 0.5) is 11.4 Å². The topological polar surface area (TPSA) is 46.3 Å². The molecule has 0 aromatic heterocycles. The van der Waals surface area contributed by atoms with E-state index >= 15 is 0 Å². The number of hydrogen-bond acceptors (Lipinski definition) is 3. The van der Waals surface area contributed by atoms with Crippen molar-refractivity contribution in [3.05, 3.63) is 53.1 Å². The molecule has 3 rings (SSSR count). The maximum atomic E-state index is 13.0. The second-order valence-electron chi connectivity index (χ2n) is 5.59. The highest BCUT2D eigenvalue weighted by Crippen LogP contribution is 2.33. The third-order valence-electron chi connectivity index (χ3n) is 4.21. The monoisotopic (exact) mass is 348 g/mol. The van der Waals surface area contributed by atoms with Gasteiger partial charge < -0.3 is 10.6 Å². The van der Waals surface area contributed by atoms with Crippen LogP contribution < -0.4 is 10.6 Å². The fourth-order valence-corrected chi connectivity index (χ4v) is 3.41. The van der Waals surface area contributed by atoms with E-state index in [2.05, 4.69) is 6.07 Å². The van der Waals surface area contributed by atoms with Crippen LogP contribution in [0.1, 0.15) is 27.9 Å². The first kappa shape index (κ1) is 17.7. The van der Waals surface area contributed by atoms with Gasteiger partial charge in [-0.2, -0.15) is 0 Å². The molecule has 0 aliphatic carbocycles. The van der Waals surface area contributed by atoms with E-state index in [4.69, 9.17) is 5.73 Å². The molecule has 1 aliphatic heterocycles. The van der Waals surface area contributed by atoms with Crippen LogP contribution in [0.25, 0.3) is 0 Å². The number of halogens is 1. The summed E-state index contributed by atoms with van der Waals surface area (Å²) in [5.41, 5.74) is 10.7. The SMILES string of the molecule is CSc1ccc(C)c(C(=O)N2CCCc3c(N)cccc32)c1.Cl. The number of carbonyl (C=O) groups is 1. The summed E-state index contributed by atoms with van der Waals surface area (Å²) in [5.74, 6) is 0.0694. The number of nitrogens with zero attached hydrogens (tertiary/aromatic N) is 1. The van der Waals surface area contributed by atoms with E-state index in [0.29, 0.717) is 0 Å². The lowest BCUT2D eigenvalue weighted by atomic mass is 9.98. The number of nitrogens with two attached hydrogens (primary N) is 1. The molecule has 0 radical (unpaired) electrons. The maximum Gasteiger partial charge on any atom is 0.258 e. The zero-order valence-electron chi connectivity index (χ0n) is 13.3. The summed E-state index contributed by atoms with van der Waals surface area (Å²) in [5, 5.41) is 0. The molecule has 0 spiro atoms. The molecular formula is C18H21ClN2OS. The molecule has 0 saturated heterocycles. The van der Waals surface area contributed by atoms with Gasteiger partial charge in [0.2, 0.25) is 0 Å². The Morgan fingerprint density at radius 2 is 2.04 bits per heavy atom. The van der Waals surface area contributed by atoms with Gasteiger partial charge in [-0.25, -0.2) is 0 Å². The molecule has 0 fully saturated rings. The predicted octanol–water partition coefficient (Wildman–Crippen LogP) is 4.31. The van der Waals surface area contributed by atoms with Crippen LogP contribution in [0.5, 0.6) is 0 Å². The highest BCUT2D eigenvalue weighted by Gasteiger charge is 2.25. The van der Waals surface area contributed by atoms with Crippen LogP contribution >= 0.6 is 24.2 Å². The molecule has 2 aromatic rings. The van der Waals surface area contributed by atoms with Gasteiger partial charge in [-0.05, 0) is 61.4 Å². The van der Waals surface area contributed by atoms with Crippen molar-refractivity contribution in [2.45, 2.75) is 24.7 Å². The third kappa shape index (κ3) is 3.33. The number of rotatable bonds is 2. The minimum absolute atomic E-state index is 0. The molecule has 3 nitrogen and oxygen atoms in total. The normalized spacial score (nSPS) is 13.2. The van der Waals surface area contributed by atoms with Gasteiger partial charge in [0.05, 0.1) is 0 Å². The van der Waals surface area contributed by atoms with Crippen LogP contribution in [0.2, 0.25) is 0 Å². The fourth-order valence-electron chi connectivity index (χ4n) is 2.97. The van der Waals surface area contributed by atoms with Crippen LogP contribution in [0.3, 0.4) is 0 Å². The number of amides is 1. The Hall–Kier alpha value is -1.65.